The summed E-state index contributed by atoms with van der Waals surface area (Å²) in [6.45, 7) is 6.70. The first kappa shape index (κ1) is 16.0. The summed E-state index contributed by atoms with van der Waals surface area (Å²) >= 11 is 0. The third-order valence-corrected chi connectivity index (χ3v) is 3.41. The first-order valence-corrected chi connectivity index (χ1v) is 6.81. The summed E-state index contributed by atoms with van der Waals surface area (Å²) in [5.74, 6) is 0.357. The zero-order valence-electron chi connectivity index (χ0n) is 12.2. The van der Waals surface area contributed by atoms with Gasteiger partial charge in [0.15, 0.2) is 5.69 Å². The van der Waals surface area contributed by atoms with E-state index in [-0.39, 0.29) is 23.9 Å². The molecule has 0 saturated carbocycles. The number of ether oxygens (including phenoxy) is 1. The Labute approximate surface area is 121 Å². The van der Waals surface area contributed by atoms with Gasteiger partial charge in [-0.2, -0.15) is 13.2 Å². The predicted molar refractivity (Wildman–Crippen MR) is 72.1 cm³/mol. The molecule has 2 heterocycles. The van der Waals surface area contributed by atoms with Gasteiger partial charge < -0.3 is 15.4 Å². The molecular weight excluding hydrogens is 285 g/mol. The van der Waals surface area contributed by atoms with Crippen molar-refractivity contribution >= 4 is 5.82 Å². The van der Waals surface area contributed by atoms with Gasteiger partial charge in [-0.15, -0.1) is 0 Å². The van der Waals surface area contributed by atoms with Gasteiger partial charge in [-0.05, 0) is 20.8 Å². The van der Waals surface area contributed by atoms with Crippen LogP contribution in [0.2, 0.25) is 0 Å². The zero-order chi connectivity index (χ0) is 15.6. The zero-order valence-corrected chi connectivity index (χ0v) is 12.2. The lowest BCUT2D eigenvalue weighted by atomic mass is 10.1. The van der Waals surface area contributed by atoms with Gasteiger partial charge in [0, 0.05) is 13.1 Å². The molecule has 0 bridgehead atoms. The number of hydrogen-bond donors (Lipinski definition) is 2. The summed E-state index contributed by atoms with van der Waals surface area (Å²) in [5, 5.41) is 6.35. The normalized spacial score (nSPS) is 26.7. The number of hydrogen-bond acceptors (Lipinski definition) is 5. The van der Waals surface area contributed by atoms with Crippen molar-refractivity contribution in [2.75, 3.05) is 18.4 Å². The maximum absolute atomic E-state index is 12.5. The number of nitrogens with zero attached hydrogens (tertiary/aromatic N) is 2. The van der Waals surface area contributed by atoms with Crippen molar-refractivity contribution in [3.05, 3.63) is 17.6 Å². The Morgan fingerprint density at radius 1 is 1.43 bits per heavy atom. The highest BCUT2D eigenvalue weighted by atomic mass is 19.4. The van der Waals surface area contributed by atoms with E-state index in [1.165, 1.54) is 6.92 Å². The van der Waals surface area contributed by atoms with Crippen LogP contribution in [-0.2, 0) is 10.9 Å². The minimum Gasteiger partial charge on any atom is -0.373 e. The van der Waals surface area contributed by atoms with Gasteiger partial charge in [-0.1, -0.05) is 0 Å². The standard InChI is InChI=1S/C13H19F3N4O/c1-7-4-17-10(9(3)21-7)5-18-12-8(2)20-11(6-19-12)13(14,15)16/h6-7,9-10,17H,4-5H2,1-3H3,(H,18,19)/t7-,9+,10-/m1/s1. The Bertz CT molecular complexity index is 495. The molecule has 0 spiro atoms. The highest BCUT2D eigenvalue weighted by Gasteiger charge is 2.33. The number of halogens is 3. The van der Waals surface area contributed by atoms with Crippen molar-refractivity contribution in [3.8, 4) is 0 Å². The number of anilines is 1. The molecule has 1 aliphatic heterocycles. The Morgan fingerprint density at radius 2 is 2.14 bits per heavy atom. The summed E-state index contributed by atoms with van der Waals surface area (Å²) in [6, 6.07) is 0.0738. The van der Waals surface area contributed by atoms with Crippen LogP contribution < -0.4 is 10.6 Å². The van der Waals surface area contributed by atoms with Gasteiger partial charge in [0.05, 0.1) is 30.1 Å². The van der Waals surface area contributed by atoms with Gasteiger partial charge in [0.25, 0.3) is 0 Å². The highest BCUT2D eigenvalue weighted by Crippen LogP contribution is 2.28. The molecular formula is C13H19F3N4O. The minimum atomic E-state index is -4.47. The average molecular weight is 304 g/mol. The number of rotatable bonds is 3. The van der Waals surface area contributed by atoms with Crippen LogP contribution in [0, 0.1) is 6.92 Å². The molecule has 1 aliphatic rings. The molecule has 0 radical (unpaired) electrons. The molecule has 1 aromatic heterocycles. The van der Waals surface area contributed by atoms with Gasteiger partial charge in [-0.25, -0.2) is 9.97 Å². The van der Waals surface area contributed by atoms with Crippen LogP contribution in [0.4, 0.5) is 19.0 Å². The lowest BCUT2D eigenvalue weighted by molar-refractivity contribution is -0.141. The molecule has 3 atom stereocenters. The third kappa shape index (κ3) is 4.04. The first-order chi connectivity index (χ1) is 9.77. The quantitative estimate of drug-likeness (QED) is 0.894. The van der Waals surface area contributed by atoms with Crippen molar-refractivity contribution in [1.29, 1.82) is 0 Å². The molecule has 0 aliphatic carbocycles. The van der Waals surface area contributed by atoms with Crippen molar-refractivity contribution in [2.24, 2.45) is 0 Å². The molecule has 0 amide bonds. The number of aryl methyl sites for hydroxylation is 1. The van der Waals surface area contributed by atoms with Crippen LogP contribution in [0.1, 0.15) is 25.2 Å². The number of aromatic nitrogens is 2. The molecule has 2 rings (SSSR count). The van der Waals surface area contributed by atoms with Crippen molar-refractivity contribution in [1.82, 2.24) is 15.3 Å². The fourth-order valence-electron chi connectivity index (χ4n) is 2.23. The molecule has 0 aromatic carbocycles. The van der Waals surface area contributed by atoms with Crippen LogP contribution in [-0.4, -0.2) is 41.3 Å². The maximum atomic E-state index is 12.5. The van der Waals surface area contributed by atoms with E-state index in [9.17, 15) is 13.2 Å². The Balaban J connectivity index is 1.97. The molecule has 118 valence electrons. The first-order valence-electron chi connectivity index (χ1n) is 6.81. The SMILES string of the molecule is Cc1nc(C(F)(F)F)cnc1NC[C@H]1NC[C@@H](C)O[C@H]1C. The molecule has 1 saturated heterocycles. The summed E-state index contributed by atoms with van der Waals surface area (Å²) in [6.07, 6.45) is -3.56. The average Bonchev–Trinajstić information content (AvgIpc) is 2.38. The lowest BCUT2D eigenvalue weighted by Gasteiger charge is -2.34. The molecule has 2 N–H and O–H groups in total. The maximum Gasteiger partial charge on any atom is 0.434 e. The van der Waals surface area contributed by atoms with E-state index in [4.69, 9.17) is 4.74 Å². The number of nitrogens with one attached hydrogen (secondary N) is 2. The van der Waals surface area contributed by atoms with Crippen LogP contribution >= 0.6 is 0 Å². The molecule has 21 heavy (non-hydrogen) atoms. The van der Waals surface area contributed by atoms with Crippen molar-refractivity contribution in [3.63, 3.8) is 0 Å². The van der Waals surface area contributed by atoms with E-state index in [2.05, 4.69) is 20.6 Å². The van der Waals surface area contributed by atoms with E-state index >= 15 is 0 Å². The topological polar surface area (TPSA) is 59.1 Å². The molecule has 1 fully saturated rings. The van der Waals surface area contributed by atoms with Crippen LogP contribution in [0.3, 0.4) is 0 Å². The van der Waals surface area contributed by atoms with Crippen molar-refractivity contribution in [2.45, 2.75) is 45.2 Å². The summed E-state index contributed by atoms with van der Waals surface area (Å²) in [7, 11) is 0. The van der Waals surface area contributed by atoms with E-state index in [1.54, 1.807) is 0 Å². The number of morpholine rings is 1. The lowest BCUT2D eigenvalue weighted by Crippen LogP contribution is -2.53. The Hall–Kier alpha value is -1.41. The molecule has 1 aromatic rings. The van der Waals surface area contributed by atoms with Gasteiger partial charge in [-0.3, -0.25) is 0 Å². The van der Waals surface area contributed by atoms with E-state index in [1.807, 2.05) is 13.8 Å². The van der Waals surface area contributed by atoms with E-state index in [0.717, 1.165) is 12.7 Å². The van der Waals surface area contributed by atoms with Gasteiger partial charge in [0.2, 0.25) is 0 Å². The summed E-state index contributed by atoms with van der Waals surface area (Å²) in [4.78, 5) is 7.34. The number of alkyl halides is 3. The van der Waals surface area contributed by atoms with Gasteiger partial charge >= 0.3 is 6.18 Å². The van der Waals surface area contributed by atoms with Crippen LogP contribution in [0.5, 0.6) is 0 Å². The largest absolute Gasteiger partial charge is 0.434 e. The second-order valence-corrected chi connectivity index (χ2v) is 5.23. The fourth-order valence-corrected chi connectivity index (χ4v) is 2.23. The summed E-state index contributed by atoms with van der Waals surface area (Å²) in [5.41, 5.74) is -0.755. The van der Waals surface area contributed by atoms with Crippen LogP contribution in [0.15, 0.2) is 6.20 Å². The molecule has 5 nitrogen and oxygen atoms in total. The minimum absolute atomic E-state index is 0.0176. The summed E-state index contributed by atoms with van der Waals surface area (Å²) < 4.78 is 43.2. The smallest absolute Gasteiger partial charge is 0.373 e. The fraction of sp³-hybridized carbons (Fsp3) is 0.692. The molecule has 0 unspecified atom stereocenters. The Kier molecular flexibility index (Phi) is 4.67. The second-order valence-electron chi connectivity index (χ2n) is 5.23. The van der Waals surface area contributed by atoms with Crippen LogP contribution in [0.25, 0.3) is 0 Å². The second kappa shape index (κ2) is 6.15. The Morgan fingerprint density at radius 3 is 2.71 bits per heavy atom. The van der Waals surface area contributed by atoms with E-state index in [0.29, 0.717) is 12.4 Å². The third-order valence-electron chi connectivity index (χ3n) is 3.41. The highest BCUT2D eigenvalue weighted by molar-refractivity contribution is 5.39. The molecule has 8 heteroatoms. The monoisotopic (exact) mass is 304 g/mol. The van der Waals surface area contributed by atoms with Crippen molar-refractivity contribution < 1.29 is 17.9 Å². The predicted octanol–water partition coefficient (Wildman–Crippen LogP) is 1.98. The van der Waals surface area contributed by atoms with E-state index < -0.39 is 11.9 Å². The van der Waals surface area contributed by atoms with Gasteiger partial charge in [0.1, 0.15) is 5.82 Å².